The van der Waals surface area contributed by atoms with E-state index in [1.54, 1.807) is 0 Å². The molecule has 12 nitrogen and oxygen atoms in total. The normalized spacial score (nSPS) is 11.4. The quantitative estimate of drug-likeness (QED) is 0.237. The number of aliphatic hydroxyl groups excluding tert-OH is 3. The van der Waals surface area contributed by atoms with Gasteiger partial charge >= 0.3 is 0 Å². The number of nitrogens with two attached hydrogens (primary N) is 1. The van der Waals surface area contributed by atoms with E-state index >= 15 is 0 Å². The highest BCUT2D eigenvalue weighted by molar-refractivity contribution is 5.41. The van der Waals surface area contributed by atoms with Crippen LogP contribution in [0.4, 0.5) is 17.8 Å². The van der Waals surface area contributed by atoms with E-state index in [-0.39, 0.29) is 4.90 Å². The Labute approximate surface area is 99.6 Å². The predicted octanol–water partition coefficient (Wildman–Crippen LogP) is -4.52. The van der Waals surface area contributed by atoms with Gasteiger partial charge in [0.05, 0.1) is 0 Å². The summed E-state index contributed by atoms with van der Waals surface area (Å²) in [6.07, 6.45) is -6.64. The maximum absolute atomic E-state index is 8.90. The van der Waals surface area contributed by atoms with Crippen molar-refractivity contribution in [2.75, 3.05) is 16.0 Å². The van der Waals surface area contributed by atoms with Crippen molar-refractivity contribution >= 4 is 17.8 Å². The number of anilines is 3. The molecule has 0 spiro atoms. The molecule has 0 aliphatic rings. The fourth-order valence-corrected chi connectivity index (χ4v) is 1.00. The van der Waals surface area contributed by atoms with Crippen LogP contribution < -0.4 is 16.0 Å². The van der Waals surface area contributed by atoms with Crippen molar-refractivity contribution in [1.29, 1.82) is 0 Å². The lowest BCUT2D eigenvalue weighted by molar-refractivity contribution is -0.124. The van der Waals surface area contributed by atoms with Crippen LogP contribution >= 0.6 is 0 Å². The maximum atomic E-state index is 8.90. The molecule has 9 N–H and O–H groups in total. The molecule has 0 unspecified atom stereocenters. The molecular formula is C6H12N6O6. The van der Waals surface area contributed by atoms with Crippen LogP contribution in [0.1, 0.15) is 0 Å². The summed E-state index contributed by atoms with van der Waals surface area (Å²) in [6.45, 7) is 0. The molecule has 0 bridgehead atoms. The summed E-state index contributed by atoms with van der Waals surface area (Å²) in [6, 6.07) is 0. The molecule has 0 aromatic carbocycles. The standard InChI is InChI=1S/C6H12N6O6/c7-1-8-2(11-4(13)14)10-3(9-1)12(5(15)16)6(17)18/h4-6,13-18H,(H3,7,8,9,10,11). The third-order valence-corrected chi connectivity index (χ3v) is 1.63. The molecule has 0 amide bonds. The zero-order valence-corrected chi connectivity index (χ0v) is 8.78. The maximum Gasteiger partial charge on any atom is 0.241 e. The topological polar surface area (TPSA) is 201 Å². The number of hydrogen-bond donors (Lipinski definition) is 8. The highest BCUT2D eigenvalue weighted by Gasteiger charge is 2.24. The van der Waals surface area contributed by atoms with Gasteiger partial charge in [-0.05, 0) is 0 Å². The Bertz CT molecular complexity index is 392. The van der Waals surface area contributed by atoms with E-state index in [9.17, 15) is 0 Å². The second-order valence-corrected chi connectivity index (χ2v) is 2.94. The summed E-state index contributed by atoms with van der Waals surface area (Å²) in [5.74, 6) is -1.44. The Morgan fingerprint density at radius 1 is 0.944 bits per heavy atom. The van der Waals surface area contributed by atoms with Crippen LogP contribution in [0.15, 0.2) is 0 Å². The van der Waals surface area contributed by atoms with E-state index in [0.717, 1.165) is 0 Å². The van der Waals surface area contributed by atoms with Crippen LogP contribution in [-0.2, 0) is 0 Å². The minimum absolute atomic E-state index is 0.174. The number of nitrogens with zero attached hydrogens (tertiary/aromatic N) is 4. The van der Waals surface area contributed by atoms with Gasteiger partial charge in [0, 0.05) is 0 Å². The molecule has 1 aromatic heterocycles. The zero-order valence-electron chi connectivity index (χ0n) is 8.78. The number of aromatic nitrogens is 3. The van der Waals surface area contributed by atoms with Crippen molar-refractivity contribution in [1.82, 2.24) is 15.0 Å². The molecule has 0 saturated carbocycles. The second-order valence-electron chi connectivity index (χ2n) is 2.94. The van der Waals surface area contributed by atoms with E-state index < -0.39 is 37.1 Å². The first kappa shape index (κ1) is 14.2. The van der Waals surface area contributed by atoms with Gasteiger partial charge in [-0.25, -0.2) is 4.90 Å². The number of hydrogen-bond acceptors (Lipinski definition) is 12. The molecule has 1 heterocycles. The summed E-state index contributed by atoms with van der Waals surface area (Å²) < 4.78 is 0. The van der Waals surface area contributed by atoms with Gasteiger partial charge in [0.2, 0.25) is 37.1 Å². The van der Waals surface area contributed by atoms with Crippen molar-refractivity contribution in [3.63, 3.8) is 0 Å². The molecule has 1 rings (SSSR count). The molecule has 12 heteroatoms. The number of nitrogen functional groups attached to an aromatic ring is 1. The van der Waals surface area contributed by atoms with Gasteiger partial charge in [-0.15, -0.1) is 0 Å². The van der Waals surface area contributed by atoms with E-state index in [2.05, 4.69) is 15.0 Å². The molecule has 0 saturated heterocycles. The van der Waals surface area contributed by atoms with E-state index in [4.69, 9.17) is 36.4 Å². The van der Waals surface area contributed by atoms with Crippen molar-refractivity contribution in [3.8, 4) is 0 Å². The minimum atomic E-state index is -2.32. The lowest BCUT2D eigenvalue weighted by atomic mass is 10.7. The van der Waals surface area contributed by atoms with E-state index in [0.29, 0.717) is 0 Å². The molecule has 1 aromatic rings. The van der Waals surface area contributed by atoms with Gasteiger partial charge in [-0.1, -0.05) is 0 Å². The summed E-state index contributed by atoms with van der Waals surface area (Å²) in [4.78, 5) is 10.5. The van der Waals surface area contributed by atoms with Crippen molar-refractivity contribution in [3.05, 3.63) is 0 Å². The first-order valence-electron chi connectivity index (χ1n) is 4.46. The first-order chi connectivity index (χ1) is 8.31. The molecule has 102 valence electrons. The molecule has 0 aliphatic heterocycles. The van der Waals surface area contributed by atoms with Crippen molar-refractivity contribution in [2.24, 2.45) is 0 Å². The first-order valence-corrected chi connectivity index (χ1v) is 4.46. The molecule has 0 fully saturated rings. The molecule has 0 radical (unpaired) electrons. The Morgan fingerprint density at radius 3 is 1.94 bits per heavy atom. The van der Waals surface area contributed by atoms with Crippen LogP contribution in [0.3, 0.4) is 0 Å². The average Bonchev–Trinajstić information content (AvgIpc) is 2.13. The number of nitrogens with one attached hydrogen (secondary N) is 1. The Balaban J connectivity index is 3.10. The summed E-state index contributed by atoms with van der Waals surface area (Å²) in [7, 11) is 0. The van der Waals surface area contributed by atoms with Crippen LogP contribution in [0.2, 0.25) is 0 Å². The van der Waals surface area contributed by atoms with Crippen LogP contribution in [-0.4, -0.2) is 64.8 Å². The van der Waals surface area contributed by atoms with Gasteiger partial charge in [0.1, 0.15) is 0 Å². The van der Waals surface area contributed by atoms with Gasteiger partial charge in [0.15, 0.2) is 0 Å². The Morgan fingerprint density at radius 2 is 1.50 bits per heavy atom. The highest BCUT2D eigenvalue weighted by Crippen LogP contribution is 2.14. The van der Waals surface area contributed by atoms with Crippen LogP contribution in [0, 0.1) is 0 Å². The third-order valence-electron chi connectivity index (χ3n) is 1.63. The summed E-state index contributed by atoms with van der Waals surface area (Å²) >= 11 is 0. The SMILES string of the molecule is Nc1nc(NC(O)O)nc(N(C(O)O)C(O)O)n1. The van der Waals surface area contributed by atoms with Crippen LogP contribution in [0.25, 0.3) is 0 Å². The minimum Gasteiger partial charge on any atom is -0.368 e. The molecule has 0 aliphatic carbocycles. The smallest absolute Gasteiger partial charge is 0.241 e. The van der Waals surface area contributed by atoms with E-state index in [1.807, 2.05) is 5.32 Å². The van der Waals surface area contributed by atoms with Crippen LogP contribution in [0.5, 0.6) is 0 Å². The molecule has 0 atom stereocenters. The van der Waals surface area contributed by atoms with Gasteiger partial charge in [-0.2, -0.15) is 15.0 Å². The average molecular weight is 264 g/mol. The Kier molecular flexibility index (Phi) is 4.49. The molecule has 18 heavy (non-hydrogen) atoms. The largest absolute Gasteiger partial charge is 0.368 e. The van der Waals surface area contributed by atoms with Crippen molar-refractivity contribution in [2.45, 2.75) is 19.2 Å². The predicted molar refractivity (Wildman–Crippen MR) is 55.0 cm³/mol. The van der Waals surface area contributed by atoms with Gasteiger partial charge in [-0.3, -0.25) is 0 Å². The summed E-state index contributed by atoms with van der Waals surface area (Å²) in [5.41, 5.74) is 5.25. The summed E-state index contributed by atoms with van der Waals surface area (Å²) in [5, 5.41) is 54.8. The monoisotopic (exact) mass is 264 g/mol. The van der Waals surface area contributed by atoms with Gasteiger partial charge in [0.25, 0.3) is 0 Å². The van der Waals surface area contributed by atoms with E-state index in [1.165, 1.54) is 0 Å². The van der Waals surface area contributed by atoms with Gasteiger partial charge < -0.3 is 41.7 Å². The number of rotatable bonds is 5. The fraction of sp³-hybridized carbons (Fsp3) is 0.500. The molecular weight excluding hydrogens is 252 g/mol. The highest BCUT2D eigenvalue weighted by atomic mass is 16.6. The third kappa shape index (κ3) is 3.59. The fourth-order valence-electron chi connectivity index (χ4n) is 1.00. The second kappa shape index (κ2) is 5.67. The van der Waals surface area contributed by atoms with Crippen molar-refractivity contribution < 1.29 is 30.6 Å². The Hall–Kier alpha value is -1.83. The lowest BCUT2D eigenvalue weighted by Gasteiger charge is -2.25. The lowest BCUT2D eigenvalue weighted by Crippen LogP contribution is -2.44. The zero-order chi connectivity index (χ0) is 13.9. The number of aliphatic hydroxyl groups is 6.